The van der Waals surface area contributed by atoms with Crippen molar-refractivity contribution in [2.24, 2.45) is 9.98 Å². The predicted molar refractivity (Wildman–Crippen MR) is 199 cm³/mol. The second kappa shape index (κ2) is 10.7. The highest BCUT2D eigenvalue weighted by Gasteiger charge is 2.25. The van der Waals surface area contributed by atoms with Crippen molar-refractivity contribution in [1.82, 2.24) is 10.3 Å². The number of fused-ring (bicyclic) bond motifs is 7. The van der Waals surface area contributed by atoms with Gasteiger partial charge >= 0.3 is 0 Å². The maximum absolute atomic E-state index is 6.73. The SMILES string of the molecule is c1ccc(C2=NC(c3ccc4ccccc4c3)NC(c3cccc4oc5c(-c6cccc7sc8ccccc8c67)cncc5c34)=N2)cc1. The van der Waals surface area contributed by atoms with Gasteiger partial charge in [-0.2, -0.15) is 0 Å². The Balaban J connectivity index is 1.17. The van der Waals surface area contributed by atoms with Crippen molar-refractivity contribution in [2.75, 3.05) is 0 Å². The van der Waals surface area contributed by atoms with E-state index in [1.54, 1.807) is 0 Å². The van der Waals surface area contributed by atoms with Crippen molar-refractivity contribution >= 4 is 75.9 Å². The molecule has 4 heterocycles. The van der Waals surface area contributed by atoms with E-state index in [0.29, 0.717) is 5.84 Å². The van der Waals surface area contributed by atoms with Gasteiger partial charge in [0.05, 0.1) is 0 Å². The summed E-state index contributed by atoms with van der Waals surface area (Å²) in [5, 5.41) is 10.5. The van der Waals surface area contributed by atoms with Crippen molar-refractivity contribution in [3.63, 3.8) is 0 Å². The molecule has 9 aromatic rings. The molecular weight excluding hydrogens is 609 g/mol. The van der Waals surface area contributed by atoms with Crippen molar-refractivity contribution in [2.45, 2.75) is 6.17 Å². The van der Waals surface area contributed by atoms with Gasteiger partial charge in [-0.1, -0.05) is 109 Å². The highest BCUT2D eigenvalue weighted by Crippen LogP contribution is 2.43. The second-order valence-corrected chi connectivity index (χ2v) is 13.1. The van der Waals surface area contributed by atoms with Crippen LogP contribution in [-0.2, 0) is 0 Å². The molecule has 1 unspecified atom stereocenters. The fraction of sp³-hybridized carbons (Fsp3) is 0.0238. The van der Waals surface area contributed by atoms with Crippen LogP contribution in [-0.4, -0.2) is 16.7 Å². The molecular formula is C42H26N4OS. The van der Waals surface area contributed by atoms with Crippen LogP contribution >= 0.6 is 11.3 Å². The van der Waals surface area contributed by atoms with E-state index in [1.165, 1.54) is 30.9 Å². The molecule has 1 atom stereocenters. The Morgan fingerprint density at radius 3 is 2.33 bits per heavy atom. The summed E-state index contributed by atoms with van der Waals surface area (Å²) in [6, 6.07) is 46.3. The summed E-state index contributed by atoms with van der Waals surface area (Å²) in [7, 11) is 0. The Hall–Kier alpha value is -6.11. The molecule has 1 aliphatic heterocycles. The van der Waals surface area contributed by atoms with Crippen LogP contribution in [0.1, 0.15) is 22.9 Å². The van der Waals surface area contributed by atoms with Gasteiger partial charge in [-0.15, -0.1) is 11.3 Å². The van der Waals surface area contributed by atoms with E-state index < -0.39 is 0 Å². The summed E-state index contributed by atoms with van der Waals surface area (Å²) in [4.78, 5) is 15.0. The Morgan fingerprint density at radius 2 is 1.40 bits per heavy atom. The Kier molecular flexibility index (Phi) is 6.04. The molecule has 1 aliphatic rings. The lowest BCUT2D eigenvalue weighted by Crippen LogP contribution is -2.33. The van der Waals surface area contributed by atoms with Crippen LogP contribution in [0.5, 0.6) is 0 Å². The molecule has 6 heteroatoms. The summed E-state index contributed by atoms with van der Waals surface area (Å²) in [6.45, 7) is 0. The summed E-state index contributed by atoms with van der Waals surface area (Å²) >= 11 is 1.81. The van der Waals surface area contributed by atoms with Gasteiger partial charge < -0.3 is 9.73 Å². The zero-order chi connectivity index (χ0) is 31.6. The molecule has 1 N–H and O–H groups in total. The number of amidine groups is 2. The number of nitrogens with one attached hydrogen (secondary N) is 1. The highest BCUT2D eigenvalue weighted by molar-refractivity contribution is 7.25. The first-order valence-electron chi connectivity index (χ1n) is 16.0. The summed E-state index contributed by atoms with van der Waals surface area (Å²) < 4.78 is 9.24. The maximum Gasteiger partial charge on any atom is 0.159 e. The van der Waals surface area contributed by atoms with E-state index in [-0.39, 0.29) is 6.17 Å². The van der Waals surface area contributed by atoms with E-state index in [2.05, 4.69) is 108 Å². The third-order valence-electron chi connectivity index (χ3n) is 9.22. The molecule has 0 spiro atoms. The zero-order valence-electron chi connectivity index (χ0n) is 25.6. The highest BCUT2D eigenvalue weighted by atomic mass is 32.1. The van der Waals surface area contributed by atoms with Crippen molar-refractivity contribution in [3.8, 4) is 11.1 Å². The standard InChI is InChI=1S/C42H26N4OS/c1-2-11-26(12-3-1)40-44-41(28-21-20-25-10-4-5-13-27(25)22-28)46-42(45-40)31-16-8-17-34-37(31)33-24-43-23-32(39(33)47-34)29-15-9-19-36-38(29)30-14-6-7-18-35(30)48-36/h1-24,41H,(H,44,45,46). The number of benzene rings is 6. The summed E-state index contributed by atoms with van der Waals surface area (Å²) in [5.74, 6) is 1.42. The van der Waals surface area contributed by atoms with Gasteiger partial charge in [0.2, 0.25) is 0 Å². The van der Waals surface area contributed by atoms with E-state index >= 15 is 0 Å². The number of furan rings is 1. The van der Waals surface area contributed by atoms with Gasteiger partial charge in [-0.25, -0.2) is 9.98 Å². The van der Waals surface area contributed by atoms with Crippen LogP contribution in [0, 0.1) is 0 Å². The number of hydrogen-bond acceptors (Lipinski definition) is 6. The van der Waals surface area contributed by atoms with Gasteiger partial charge in [0.25, 0.3) is 0 Å². The topological polar surface area (TPSA) is 62.8 Å². The quantitative estimate of drug-likeness (QED) is 0.210. The third kappa shape index (κ3) is 4.27. The van der Waals surface area contributed by atoms with E-state index in [9.17, 15) is 0 Å². The fourth-order valence-electron chi connectivity index (χ4n) is 6.98. The molecule has 6 aromatic carbocycles. The normalized spacial score (nSPS) is 14.9. The number of rotatable bonds is 4. The molecule has 48 heavy (non-hydrogen) atoms. The second-order valence-electron chi connectivity index (χ2n) is 12.1. The molecule has 5 nitrogen and oxygen atoms in total. The van der Waals surface area contributed by atoms with Crippen LogP contribution in [0.15, 0.2) is 160 Å². The van der Waals surface area contributed by atoms with Crippen molar-refractivity contribution < 1.29 is 4.42 Å². The van der Waals surface area contributed by atoms with Crippen LogP contribution in [0.2, 0.25) is 0 Å². The molecule has 10 rings (SSSR count). The first-order chi connectivity index (χ1) is 23.8. The summed E-state index contributed by atoms with van der Waals surface area (Å²) in [5.41, 5.74) is 6.67. The Labute approximate surface area is 279 Å². The lowest BCUT2D eigenvalue weighted by Gasteiger charge is -2.24. The van der Waals surface area contributed by atoms with Crippen molar-refractivity contribution in [3.05, 3.63) is 163 Å². The van der Waals surface area contributed by atoms with Gasteiger partial charge in [0, 0.05) is 60.0 Å². The molecule has 0 fully saturated rings. The Bertz CT molecular complexity index is 2780. The minimum Gasteiger partial charge on any atom is -0.455 e. The number of hydrogen-bond donors (Lipinski definition) is 1. The van der Waals surface area contributed by atoms with Crippen LogP contribution < -0.4 is 5.32 Å². The van der Waals surface area contributed by atoms with Crippen LogP contribution in [0.25, 0.3) is 64.0 Å². The lowest BCUT2D eigenvalue weighted by atomic mass is 9.98. The fourth-order valence-corrected chi connectivity index (χ4v) is 8.11. The number of aliphatic imine (C=N–C) groups is 2. The van der Waals surface area contributed by atoms with Gasteiger partial charge in [-0.05, 0) is 46.2 Å². The molecule has 0 saturated carbocycles. The number of pyridine rings is 1. The first kappa shape index (κ1) is 27.0. The van der Waals surface area contributed by atoms with E-state index in [0.717, 1.165) is 55.6 Å². The van der Waals surface area contributed by atoms with Crippen LogP contribution in [0.4, 0.5) is 0 Å². The molecule has 0 aliphatic carbocycles. The lowest BCUT2D eigenvalue weighted by molar-refractivity contribution is 0.668. The van der Waals surface area contributed by atoms with Crippen molar-refractivity contribution in [1.29, 1.82) is 0 Å². The van der Waals surface area contributed by atoms with E-state index in [4.69, 9.17) is 19.4 Å². The molecule has 0 amide bonds. The zero-order valence-corrected chi connectivity index (χ0v) is 26.4. The number of thiophene rings is 1. The smallest absolute Gasteiger partial charge is 0.159 e. The van der Waals surface area contributed by atoms with E-state index in [1.807, 2.05) is 54.1 Å². The molecule has 3 aromatic heterocycles. The molecule has 226 valence electrons. The third-order valence-corrected chi connectivity index (χ3v) is 10.4. The number of nitrogens with zero attached hydrogens (tertiary/aromatic N) is 3. The molecule has 0 saturated heterocycles. The van der Waals surface area contributed by atoms with Gasteiger partial charge in [0.15, 0.2) is 5.84 Å². The van der Waals surface area contributed by atoms with Gasteiger partial charge in [-0.3, -0.25) is 4.98 Å². The molecule has 0 radical (unpaired) electrons. The monoisotopic (exact) mass is 634 g/mol. The molecule has 0 bridgehead atoms. The average molecular weight is 635 g/mol. The van der Waals surface area contributed by atoms with Crippen LogP contribution in [0.3, 0.4) is 0 Å². The maximum atomic E-state index is 6.73. The van der Waals surface area contributed by atoms with Gasteiger partial charge in [0.1, 0.15) is 23.2 Å². The number of aromatic nitrogens is 1. The predicted octanol–water partition coefficient (Wildman–Crippen LogP) is 10.7. The summed E-state index contributed by atoms with van der Waals surface area (Å²) in [6.07, 6.45) is 3.51. The first-order valence-corrected chi connectivity index (χ1v) is 16.8. The Morgan fingerprint density at radius 1 is 0.604 bits per heavy atom. The average Bonchev–Trinajstić information content (AvgIpc) is 3.74. The minimum absolute atomic E-state index is 0.330. The largest absolute Gasteiger partial charge is 0.455 e. The minimum atomic E-state index is -0.330.